The third kappa shape index (κ3) is 5.87. The summed E-state index contributed by atoms with van der Waals surface area (Å²) in [6.45, 7) is 5.69. The van der Waals surface area contributed by atoms with Gasteiger partial charge in [-0.15, -0.1) is 0 Å². The molecule has 0 aromatic heterocycles. The molecule has 0 heterocycles. The summed E-state index contributed by atoms with van der Waals surface area (Å²) in [6, 6.07) is 3.66. The number of nitrogens with one attached hydrogen (secondary N) is 2. The van der Waals surface area contributed by atoms with Gasteiger partial charge in [-0.3, -0.25) is 13.7 Å². The Morgan fingerprint density at radius 3 is 2.48 bits per heavy atom. The number of carboxylic acid groups (broad SMARTS) is 1. The molecule has 1 rings (SSSR count). The topological polar surface area (TPSA) is 122 Å². The lowest BCUT2D eigenvalue weighted by Crippen LogP contribution is -2.27. The van der Waals surface area contributed by atoms with Crippen molar-refractivity contribution in [3.63, 3.8) is 0 Å². The second-order valence-electron chi connectivity index (χ2n) is 5.13. The van der Waals surface area contributed by atoms with E-state index in [4.69, 9.17) is 0 Å². The monoisotopic (exact) mass is 344 g/mol. The van der Waals surface area contributed by atoms with E-state index in [2.05, 4.69) is 9.50 Å². The zero-order valence-corrected chi connectivity index (χ0v) is 13.9. The van der Waals surface area contributed by atoms with Gasteiger partial charge in [0, 0.05) is 12.1 Å². The van der Waals surface area contributed by atoms with Gasteiger partial charge in [0.1, 0.15) is 0 Å². The first kappa shape index (κ1) is 18.9. The Bertz CT molecular complexity index is 685. The third-order valence-electron chi connectivity index (χ3n) is 2.69. The molecule has 0 bridgehead atoms. The summed E-state index contributed by atoms with van der Waals surface area (Å²) in [6.07, 6.45) is 0. The van der Waals surface area contributed by atoms with Gasteiger partial charge in [-0.05, 0) is 31.0 Å². The minimum atomic E-state index is -4.11. The number of rotatable bonds is 8. The first-order valence-electron chi connectivity index (χ1n) is 6.99. The lowest BCUT2D eigenvalue weighted by Gasteiger charge is -2.12. The number of hydrogen-bond acceptors (Lipinski definition) is 5. The molecule has 1 aromatic carbocycles. The molecule has 0 saturated carbocycles. The van der Waals surface area contributed by atoms with E-state index >= 15 is 0 Å². The van der Waals surface area contributed by atoms with E-state index in [1.165, 1.54) is 19.1 Å². The molecule has 0 saturated heterocycles. The van der Waals surface area contributed by atoms with Crippen LogP contribution in [0.5, 0.6) is 0 Å². The summed E-state index contributed by atoms with van der Waals surface area (Å²) in [5.41, 5.74) is -0.390. The highest BCUT2D eigenvalue weighted by atomic mass is 32.2. The number of carbonyl (C=O) groups excluding carboxylic acids is 1. The third-order valence-corrected chi connectivity index (χ3v) is 3.71. The molecule has 0 fully saturated rings. The van der Waals surface area contributed by atoms with E-state index in [0.29, 0.717) is 6.54 Å². The van der Waals surface area contributed by atoms with Crippen molar-refractivity contribution in [1.29, 1.82) is 0 Å². The standard InChI is InChI=1S/C14H20N2O6S/c1-4-22-23(20,21)16-12-6-5-10(7-11(12)14(18)19)13(17)15-8-9(2)3/h5-7,9,16H,4,8H2,1-3H3,(H,15,17)(H,18,19). The van der Waals surface area contributed by atoms with Gasteiger partial charge in [-0.25, -0.2) is 4.79 Å². The van der Waals surface area contributed by atoms with Crippen molar-refractivity contribution < 1.29 is 27.3 Å². The van der Waals surface area contributed by atoms with Gasteiger partial charge in [-0.2, -0.15) is 8.42 Å². The van der Waals surface area contributed by atoms with Crippen molar-refractivity contribution >= 4 is 27.9 Å². The van der Waals surface area contributed by atoms with Crippen LogP contribution in [0.4, 0.5) is 5.69 Å². The lowest BCUT2D eigenvalue weighted by atomic mass is 10.1. The van der Waals surface area contributed by atoms with Gasteiger partial charge in [0.25, 0.3) is 5.91 Å². The second kappa shape index (κ2) is 7.93. The van der Waals surface area contributed by atoms with Crippen molar-refractivity contribution in [1.82, 2.24) is 5.32 Å². The average molecular weight is 344 g/mol. The van der Waals surface area contributed by atoms with Crippen molar-refractivity contribution in [2.24, 2.45) is 5.92 Å². The Hall–Kier alpha value is -2.13. The first-order valence-corrected chi connectivity index (χ1v) is 8.39. The summed E-state index contributed by atoms with van der Waals surface area (Å²) in [4.78, 5) is 23.3. The zero-order valence-electron chi connectivity index (χ0n) is 13.1. The molecule has 8 nitrogen and oxygen atoms in total. The number of hydrogen-bond donors (Lipinski definition) is 3. The van der Waals surface area contributed by atoms with Crippen LogP contribution in [0.15, 0.2) is 18.2 Å². The minimum Gasteiger partial charge on any atom is -0.478 e. The molecule has 0 atom stereocenters. The first-order chi connectivity index (χ1) is 10.7. The highest BCUT2D eigenvalue weighted by Crippen LogP contribution is 2.19. The fourth-order valence-electron chi connectivity index (χ4n) is 1.67. The summed E-state index contributed by atoms with van der Waals surface area (Å²) in [5, 5.41) is 11.9. The number of carboxylic acids is 1. The number of anilines is 1. The quantitative estimate of drug-likeness (QED) is 0.656. The maximum absolute atomic E-state index is 12.0. The summed E-state index contributed by atoms with van der Waals surface area (Å²) in [5.74, 6) is -1.55. The SMILES string of the molecule is CCOS(=O)(=O)Nc1ccc(C(=O)NCC(C)C)cc1C(=O)O. The van der Waals surface area contributed by atoms with E-state index in [-0.39, 0.29) is 29.3 Å². The molecule has 23 heavy (non-hydrogen) atoms. The molecular formula is C14H20N2O6S. The predicted molar refractivity (Wildman–Crippen MR) is 84.7 cm³/mol. The largest absolute Gasteiger partial charge is 0.478 e. The number of amides is 1. The molecule has 0 aliphatic rings. The van der Waals surface area contributed by atoms with E-state index in [1.807, 2.05) is 18.6 Å². The molecule has 0 aliphatic heterocycles. The van der Waals surface area contributed by atoms with Gasteiger partial charge >= 0.3 is 16.3 Å². The molecule has 0 aliphatic carbocycles. The second-order valence-corrected chi connectivity index (χ2v) is 6.48. The van der Waals surface area contributed by atoms with Crippen molar-refractivity contribution in [2.45, 2.75) is 20.8 Å². The van der Waals surface area contributed by atoms with Gasteiger partial charge in [0.15, 0.2) is 0 Å². The van der Waals surface area contributed by atoms with Crippen LogP contribution in [0.2, 0.25) is 0 Å². The van der Waals surface area contributed by atoms with Crippen molar-refractivity contribution in [2.75, 3.05) is 17.9 Å². The minimum absolute atomic E-state index is 0.0899. The maximum Gasteiger partial charge on any atom is 0.360 e. The summed E-state index contributed by atoms with van der Waals surface area (Å²) >= 11 is 0. The van der Waals surface area contributed by atoms with Gasteiger partial charge in [0.2, 0.25) is 0 Å². The summed E-state index contributed by atoms with van der Waals surface area (Å²) in [7, 11) is -4.11. The zero-order chi connectivity index (χ0) is 17.6. The fourth-order valence-corrected chi connectivity index (χ4v) is 2.49. The van der Waals surface area contributed by atoms with Gasteiger partial charge in [-0.1, -0.05) is 13.8 Å². The highest BCUT2D eigenvalue weighted by molar-refractivity contribution is 7.88. The van der Waals surface area contributed by atoms with Crippen LogP contribution in [-0.4, -0.2) is 38.6 Å². The molecule has 128 valence electrons. The molecule has 0 spiro atoms. The van der Waals surface area contributed by atoms with Gasteiger partial charge < -0.3 is 10.4 Å². The maximum atomic E-state index is 12.0. The number of carbonyl (C=O) groups is 2. The normalized spacial score (nSPS) is 11.3. The Kier molecular flexibility index (Phi) is 6.52. The molecule has 1 amide bonds. The van der Waals surface area contributed by atoms with Crippen LogP contribution in [0.25, 0.3) is 0 Å². The highest BCUT2D eigenvalue weighted by Gasteiger charge is 2.19. The van der Waals surface area contributed by atoms with Crippen molar-refractivity contribution in [3.05, 3.63) is 29.3 Å². The Morgan fingerprint density at radius 2 is 1.96 bits per heavy atom. The average Bonchev–Trinajstić information content (AvgIpc) is 2.44. The van der Waals surface area contributed by atoms with Crippen LogP contribution in [0.1, 0.15) is 41.5 Å². The van der Waals surface area contributed by atoms with E-state index in [9.17, 15) is 23.1 Å². The van der Waals surface area contributed by atoms with E-state index < -0.39 is 22.2 Å². The molecule has 3 N–H and O–H groups in total. The molecule has 9 heteroatoms. The predicted octanol–water partition coefficient (Wildman–Crippen LogP) is 1.46. The van der Waals surface area contributed by atoms with E-state index in [1.54, 1.807) is 0 Å². The Morgan fingerprint density at radius 1 is 1.30 bits per heavy atom. The van der Waals surface area contributed by atoms with Crippen LogP contribution in [-0.2, 0) is 14.5 Å². The Labute approximate surface area is 135 Å². The molecule has 1 aromatic rings. The van der Waals surface area contributed by atoms with Crippen LogP contribution >= 0.6 is 0 Å². The fraction of sp³-hybridized carbons (Fsp3) is 0.429. The number of aromatic carboxylic acids is 1. The Balaban J connectivity index is 3.08. The van der Waals surface area contributed by atoms with Crippen LogP contribution in [0, 0.1) is 5.92 Å². The van der Waals surface area contributed by atoms with Crippen LogP contribution < -0.4 is 10.0 Å². The van der Waals surface area contributed by atoms with E-state index in [0.717, 1.165) is 6.07 Å². The molecular weight excluding hydrogens is 324 g/mol. The lowest BCUT2D eigenvalue weighted by molar-refractivity contribution is 0.0698. The number of benzene rings is 1. The smallest absolute Gasteiger partial charge is 0.360 e. The van der Waals surface area contributed by atoms with Gasteiger partial charge in [0.05, 0.1) is 17.9 Å². The molecule has 0 unspecified atom stereocenters. The summed E-state index contributed by atoms with van der Waals surface area (Å²) < 4.78 is 29.7. The van der Waals surface area contributed by atoms with Crippen molar-refractivity contribution in [3.8, 4) is 0 Å². The van der Waals surface area contributed by atoms with Crippen LogP contribution in [0.3, 0.4) is 0 Å². The molecule has 0 radical (unpaired) electrons.